The fraction of sp³-hybridized carbons (Fsp3) is 0.455. The highest BCUT2D eigenvalue weighted by Gasteiger charge is 2.43. The van der Waals surface area contributed by atoms with Crippen molar-refractivity contribution in [1.82, 2.24) is 4.90 Å². The average molecular weight is 367 g/mol. The number of piperidine rings is 1. The number of halogens is 1. The van der Waals surface area contributed by atoms with E-state index in [1.807, 2.05) is 0 Å². The molecule has 1 saturated heterocycles. The second-order valence-corrected chi connectivity index (χ2v) is 7.78. The molecule has 3 aliphatic heterocycles. The largest absolute Gasteiger partial charge is 0.494 e. The molecule has 0 aliphatic carbocycles. The number of rotatable bonds is 5. The summed E-state index contributed by atoms with van der Waals surface area (Å²) >= 11 is 0. The number of ether oxygens (including phenoxy) is 1. The van der Waals surface area contributed by atoms with Crippen molar-refractivity contribution in [3.8, 4) is 5.75 Å². The van der Waals surface area contributed by atoms with E-state index >= 15 is 0 Å². The van der Waals surface area contributed by atoms with Crippen molar-refractivity contribution in [3.05, 3.63) is 53.8 Å². The minimum Gasteiger partial charge on any atom is -0.494 e. The van der Waals surface area contributed by atoms with Crippen LogP contribution < -0.4 is 15.0 Å². The Morgan fingerprint density at radius 3 is 2.89 bits per heavy atom. The van der Waals surface area contributed by atoms with Gasteiger partial charge in [0.2, 0.25) is 0 Å². The molecule has 2 aromatic rings. The number of fused-ring (bicyclic) bond motifs is 3. The van der Waals surface area contributed by atoms with E-state index in [1.54, 1.807) is 12.1 Å². The van der Waals surface area contributed by atoms with Crippen molar-refractivity contribution >= 4 is 11.4 Å². The molecule has 0 spiro atoms. The number of benzene rings is 2. The zero-order valence-electron chi connectivity index (χ0n) is 15.5. The van der Waals surface area contributed by atoms with Crippen LogP contribution in [0.4, 0.5) is 15.8 Å². The first-order valence-corrected chi connectivity index (χ1v) is 10.0. The van der Waals surface area contributed by atoms with E-state index in [2.05, 4.69) is 33.3 Å². The number of anilines is 2. The Kier molecular flexibility index (Phi) is 4.40. The van der Waals surface area contributed by atoms with Gasteiger partial charge in [0.1, 0.15) is 11.6 Å². The Morgan fingerprint density at radius 1 is 1.11 bits per heavy atom. The molecule has 5 rings (SSSR count). The smallest absolute Gasteiger partial charge is 0.123 e. The Balaban J connectivity index is 1.18. The van der Waals surface area contributed by atoms with Gasteiger partial charge in [0.05, 0.1) is 18.0 Å². The molecule has 0 aromatic heterocycles. The lowest BCUT2D eigenvalue weighted by molar-refractivity contribution is 0.178. The maximum absolute atomic E-state index is 12.9. The van der Waals surface area contributed by atoms with Crippen LogP contribution in [0.5, 0.6) is 5.75 Å². The Morgan fingerprint density at radius 2 is 2.00 bits per heavy atom. The first-order chi connectivity index (χ1) is 13.3. The van der Waals surface area contributed by atoms with Gasteiger partial charge in [-0.25, -0.2) is 4.39 Å². The summed E-state index contributed by atoms with van der Waals surface area (Å²) in [4.78, 5) is 5.24. The Hall–Kier alpha value is -2.27. The predicted molar refractivity (Wildman–Crippen MR) is 106 cm³/mol. The number of nitrogens with one attached hydrogen (secondary N) is 1. The molecular formula is C22H26FN3O. The number of nitrogens with zero attached hydrogens (tertiary/aromatic N) is 2. The Labute approximate surface area is 159 Å². The van der Waals surface area contributed by atoms with Gasteiger partial charge in [-0.15, -0.1) is 0 Å². The maximum Gasteiger partial charge on any atom is 0.123 e. The molecule has 0 radical (unpaired) electrons. The number of hydrogen-bond acceptors (Lipinski definition) is 4. The summed E-state index contributed by atoms with van der Waals surface area (Å²) in [7, 11) is 0. The lowest BCUT2D eigenvalue weighted by Gasteiger charge is -2.40. The fourth-order valence-corrected chi connectivity index (χ4v) is 4.98. The highest BCUT2D eigenvalue weighted by molar-refractivity contribution is 5.80. The molecule has 0 saturated carbocycles. The monoisotopic (exact) mass is 367 g/mol. The summed E-state index contributed by atoms with van der Waals surface area (Å²) in [5, 5.41) is 3.56. The standard InChI is InChI=1S/C22H26FN3O/c23-16-5-7-17(8-6-16)27-14-2-11-25-12-9-21-19(15-25)18-3-1-4-20-22(18)26(21)13-10-24-20/h1,3-8,19,21,24H,2,9-15H2. The third-order valence-electron chi connectivity index (χ3n) is 6.18. The summed E-state index contributed by atoms with van der Waals surface area (Å²) < 4.78 is 18.7. The molecular weight excluding hydrogens is 341 g/mol. The zero-order valence-corrected chi connectivity index (χ0v) is 15.5. The molecule has 3 heterocycles. The average Bonchev–Trinajstić information content (AvgIpc) is 3.02. The molecule has 2 unspecified atom stereocenters. The van der Waals surface area contributed by atoms with Crippen LogP contribution in [0.3, 0.4) is 0 Å². The maximum atomic E-state index is 12.9. The molecule has 2 atom stereocenters. The van der Waals surface area contributed by atoms with Crippen molar-refractivity contribution in [2.75, 3.05) is 49.5 Å². The topological polar surface area (TPSA) is 27.7 Å². The van der Waals surface area contributed by atoms with E-state index in [9.17, 15) is 4.39 Å². The van der Waals surface area contributed by atoms with Crippen LogP contribution >= 0.6 is 0 Å². The summed E-state index contributed by atoms with van der Waals surface area (Å²) in [5.74, 6) is 1.14. The van der Waals surface area contributed by atoms with Crippen molar-refractivity contribution in [2.45, 2.75) is 24.8 Å². The Bertz CT molecular complexity index is 810. The van der Waals surface area contributed by atoms with E-state index < -0.39 is 0 Å². The lowest BCUT2D eigenvalue weighted by Crippen LogP contribution is -2.48. The highest BCUT2D eigenvalue weighted by atomic mass is 19.1. The van der Waals surface area contributed by atoms with Gasteiger partial charge in [-0.2, -0.15) is 0 Å². The van der Waals surface area contributed by atoms with Gasteiger partial charge in [0.25, 0.3) is 0 Å². The highest BCUT2D eigenvalue weighted by Crippen LogP contribution is 2.49. The molecule has 3 aliphatic rings. The van der Waals surface area contributed by atoms with Gasteiger partial charge in [-0.05, 0) is 48.7 Å². The van der Waals surface area contributed by atoms with Crippen molar-refractivity contribution in [3.63, 3.8) is 0 Å². The van der Waals surface area contributed by atoms with Gasteiger partial charge < -0.3 is 19.9 Å². The number of likely N-dealkylation sites (tertiary alicyclic amines) is 1. The van der Waals surface area contributed by atoms with E-state index in [0.29, 0.717) is 18.6 Å². The molecule has 1 fully saturated rings. The van der Waals surface area contributed by atoms with Crippen LogP contribution in [0.2, 0.25) is 0 Å². The third-order valence-corrected chi connectivity index (χ3v) is 6.18. The molecule has 142 valence electrons. The van der Waals surface area contributed by atoms with Crippen molar-refractivity contribution in [1.29, 1.82) is 0 Å². The van der Waals surface area contributed by atoms with Crippen LogP contribution in [0.25, 0.3) is 0 Å². The molecule has 27 heavy (non-hydrogen) atoms. The normalized spacial score (nSPS) is 23.5. The summed E-state index contributed by atoms with van der Waals surface area (Å²) in [5.41, 5.74) is 4.30. The summed E-state index contributed by atoms with van der Waals surface area (Å²) in [6.07, 6.45) is 2.23. The summed E-state index contributed by atoms with van der Waals surface area (Å²) in [6, 6.07) is 13.7. The van der Waals surface area contributed by atoms with Crippen LogP contribution in [0.1, 0.15) is 24.3 Å². The van der Waals surface area contributed by atoms with Gasteiger partial charge >= 0.3 is 0 Å². The molecule has 2 aromatic carbocycles. The van der Waals surface area contributed by atoms with Crippen LogP contribution in [0.15, 0.2) is 42.5 Å². The SMILES string of the molecule is Fc1ccc(OCCCN2CCC3C(C2)c2cccc4c2N3CCN4)cc1. The minimum atomic E-state index is -0.224. The van der Waals surface area contributed by atoms with E-state index in [0.717, 1.165) is 44.9 Å². The lowest BCUT2D eigenvalue weighted by atomic mass is 9.89. The first kappa shape index (κ1) is 16.9. The van der Waals surface area contributed by atoms with Gasteiger partial charge in [-0.1, -0.05) is 12.1 Å². The molecule has 5 heteroatoms. The van der Waals surface area contributed by atoms with Gasteiger partial charge in [-0.3, -0.25) is 0 Å². The van der Waals surface area contributed by atoms with Crippen molar-refractivity contribution in [2.24, 2.45) is 0 Å². The van der Waals surface area contributed by atoms with Gasteiger partial charge in [0, 0.05) is 44.7 Å². The molecule has 1 N–H and O–H groups in total. The zero-order chi connectivity index (χ0) is 18.2. The van der Waals surface area contributed by atoms with Crippen molar-refractivity contribution < 1.29 is 9.13 Å². The predicted octanol–water partition coefficient (Wildman–Crippen LogP) is 3.70. The quantitative estimate of drug-likeness (QED) is 0.816. The van der Waals surface area contributed by atoms with E-state index in [-0.39, 0.29) is 5.82 Å². The second kappa shape index (κ2) is 7.04. The summed E-state index contributed by atoms with van der Waals surface area (Å²) in [6.45, 7) is 6.19. The van der Waals surface area contributed by atoms with Crippen LogP contribution in [0, 0.1) is 5.82 Å². The minimum absolute atomic E-state index is 0.224. The van der Waals surface area contributed by atoms with Crippen LogP contribution in [-0.4, -0.2) is 50.3 Å². The number of para-hydroxylation sites is 1. The first-order valence-electron chi connectivity index (χ1n) is 10.0. The third kappa shape index (κ3) is 3.14. The van der Waals surface area contributed by atoms with E-state index in [4.69, 9.17) is 4.74 Å². The second-order valence-electron chi connectivity index (χ2n) is 7.78. The van der Waals surface area contributed by atoms with Crippen LogP contribution in [-0.2, 0) is 0 Å². The molecule has 4 nitrogen and oxygen atoms in total. The number of hydrogen-bond donors (Lipinski definition) is 1. The fourth-order valence-electron chi connectivity index (χ4n) is 4.98. The van der Waals surface area contributed by atoms with Gasteiger partial charge in [0.15, 0.2) is 0 Å². The molecule has 0 bridgehead atoms. The van der Waals surface area contributed by atoms with E-state index in [1.165, 1.54) is 35.5 Å². The molecule has 0 amide bonds.